The van der Waals surface area contributed by atoms with Gasteiger partial charge in [-0.25, -0.2) is 0 Å². The van der Waals surface area contributed by atoms with Crippen LogP contribution in [0, 0.1) is 0 Å². The summed E-state index contributed by atoms with van der Waals surface area (Å²) in [5.41, 5.74) is 1.21. The maximum absolute atomic E-state index is 12.2. The zero-order chi connectivity index (χ0) is 18.9. The van der Waals surface area contributed by atoms with Crippen molar-refractivity contribution in [3.05, 3.63) is 47.6 Å². The Kier molecular flexibility index (Phi) is 7.39. The van der Waals surface area contributed by atoms with Gasteiger partial charge in [0.05, 0.1) is 6.54 Å². The summed E-state index contributed by atoms with van der Waals surface area (Å²) < 4.78 is 5.36. The summed E-state index contributed by atoms with van der Waals surface area (Å²) in [4.78, 5) is 19.0. The van der Waals surface area contributed by atoms with Gasteiger partial charge in [-0.05, 0) is 31.2 Å². The summed E-state index contributed by atoms with van der Waals surface area (Å²) in [6.45, 7) is 4.74. The van der Waals surface area contributed by atoms with E-state index >= 15 is 0 Å². The predicted octanol–water partition coefficient (Wildman–Crippen LogP) is 3.13. The second kappa shape index (κ2) is 10.2. The van der Waals surface area contributed by atoms with Crippen molar-refractivity contribution in [2.24, 2.45) is 0 Å². The second-order valence-corrected chi connectivity index (χ2v) is 7.31. The smallest absolute Gasteiger partial charge is 0.240 e. The Hall–Kier alpha value is -2.21. The quantitative estimate of drug-likeness (QED) is 0.734. The van der Waals surface area contributed by atoms with Crippen LogP contribution < -0.4 is 5.32 Å². The maximum atomic E-state index is 12.2. The minimum Gasteiger partial charge on any atom is -0.353 e. The van der Waals surface area contributed by atoms with E-state index in [1.54, 1.807) is 0 Å². The first kappa shape index (κ1) is 19.5. The van der Waals surface area contributed by atoms with Gasteiger partial charge < -0.3 is 9.84 Å². The first-order chi connectivity index (χ1) is 13.2. The molecule has 0 unspecified atom stereocenters. The van der Waals surface area contributed by atoms with Gasteiger partial charge in [0.15, 0.2) is 5.82 Å². The highest BCUT2D eigenvalue weighted by Crippen LogP contribution is 2.14. The van der Waals surface area contributed by atoms with Crippen molar-refractivity contribution in [1.82, 2.24) is 20.4 Å². The largest absolute Gasteiger partial charge is 0.353 e. The predicted molar refractivity (Wildman–Crippen MR) is 104 cm³/mol. The van der Waals surface area contributed by atoms with Crippen molar-refractivity contribution < 1.29 is 9.32 Å². The zero-order valence-corrected chi connectivity index (χ0v) is 16.2. The van der Waals surface area contributed by atoms with Crippen LogP contribution in [0.4, 0.5) is 0 Å². The molecule has 1 N–H and O–H groups in total. The molecule has 1 aromatic heterocycles. The highest BCUT2D eigenvalue weighted by molar-refractivity contribution is 5.76. The molecule has 1 saturated heterocycles. The number of carbonyl (C=O) groups excluding carboxylic acids is 1. The van der Waals surface area contributed by atoms with E-state index in [1.807, 2.05) is 18.2 Å². The lowest BCUT2D eigenvalue weighted by Crippen LogP contribution is -2.44. The average Bonchev–Trinajstić information content (AvgIpc) is 3.14. The monoisotopic (exact) mass is 370 g/mol. The van der Waals surface area contributed by atoms with Crippen LogP contribution in [0.1, 0.15) is 56.3 Å². The fourth-order valence-electron chi connectivity index (χ4n) is 3.42. The summed E-state index contributed by atoms with van der Waals surface area (Å²) in [5, 5.41) is 7.23. The standard InChI is InChI=1S/C21H30N4O2/c1-2-3-9-19-23-21(27-24-19)16-25-14-12-18(13-15-25)22-20(26)11-10-17-7-5-4-6-8-17/h4-8,18H,2-3,9-16H2,1H3,(H,22,26). The molecule has 6 heteroatoms. The third kappa shape index (κ3) is 6.47. The van der Waals surface area contributed by atoms with Gasteiger partial charge in [0.1, 0.15) is 0 Å². The van der Waals surface area contributed by atoms with Crippen molar-refractivity contribution in [1.29, 1.82) is 0 Å². The molecule has 1 fully saturated rings. The van der Waals surface area contributed by atoms with Gasteiger partial charge in [-0.1, -0.05) is 48.8 Å². The molecular weight excluding hydrogens is 340 g/mol. The maximum Gasteiger partial charge on any atom is 0.240 e. The van der Waals surface area contributed by atoms with E-state index in [0.29, 0.717) is 18.9 Å². The van der Waals surface area contributed by atoms with Gasteiger partial charge in [0, 0.05) is 32.0 Å². The van der Waals surface area contributed by atoms with E-state index in [0.717, 1.165) is 57.4 Å². The van der Waals surface area contributed by atoms with Crippen LogP contribution in [-0.4, -0.2) is 40.1 Å². The second-order valence-electron chi connectivity index (χ2n) is 7.31. The van der Waals surface area contributed by atoms with Crippen LogP contribution in [0.25, 0.3) is 0 Å². The number of aryl methyl sites for hydroxylation is 2. The summed E-state index contributed by atoms with van der Waals surface area (Å²) >= 11 is 0. The highest BCUT2D eigenvalue weighted by Gasteiger charge is 2.22. The molecular formula is C21H30N4O2. The molecule has 146 valence electrons. The molecule has 2 heterocycles. The van der Waals surface area contributed by atoms with Gasteiger partial charge in [0.2, 0.25) is 11.8 Å². The molecule has 0 radical (unpaired) electrons. The number of nitrogens with one attached hydrogen (secondary N) is 1. The number of carbonyl (C=O) groups is 1. The van der Waals surface area contributed by atoms with E-state index in [9.17, 15) is 4.79 Å². The number of unbranched alkanes of at least 4 members (excludes halogenated alkanes) is 1. The minimum atomic E-state index is 0.148. The van der Waals surface area contributed by atoms with Gasteiger partial charge >= 0.3 is 0 Å². The summed E-state index contributed by atoms with van der Waals surface area (Å²) in [6.07, 6.45) is 6.39. The molecule has 1 aliphatic rings. The summed E-state index contributed by atoms with van der Waals surface area (Å²) in [7, 11) is 0. The van der Waals surface area contributed by atoms with Crippen molar-refractivity contribution in [3.63, 3.8) is 0 Å². The number of hydrogen-bond acceptors (Lipinski definition) is 5. The topological polar surface area (TPSA) is 71.3 Å². The fourth-order valence-corrected chi connectivity index (χ4v) is 3.42. The van der Waals surface area contributed by atoms with Crippen LogP contribution in [0.3, 0.4) is 0 Å². The highest BCUT2D eigenvalue weighted by atomic mass is 16.5. The van der Waals surface area contributed by atoms with Gasteiger partial charge in [-0.15, -0.1) is 0 Å². The number of nitrogens with zero attached hydrogens (tertiary/aromatic N) is 3. The van der Waals surface area contributed by atoms with Crippen LogP contribution in [-0.2, 0) is 24.2 Å². The number of piperidine rings is 1. The summed E-state index contributed by atoms with van der Waals surface area (Å²) in [5.74, 6) is 1.66. The molecule has 6 nitrogen and oxygen atoms in total. The van der Waals surface area contributed by atoms with Gasteiger partial charge in [0.25, 0.3) is 0 Å². The van der Waals surface area contributed by atoms with E-state index in [-0.39, 0.29) is 11.9 Å². The number of likely N-dealkylation sites (tertiary alicyclic amines) is 1. The Morgan fingerprint density at radius 2 is 2.00 bits per heavy atom. The molecule has 0 saturated carbocycles. The molecule has 1 aromatic carbocycles. The minimum absolute atomic E-state index is 0.148. The lowest BCUT2D eigenvalue weighted by Gasteiger charge is -2.31. The van der Waals surface area contributed by atoms with Crippen LogP contribution >= 0.6 is 0 Å². The molecule has 0 spiro atoms. The lowest BCUT2D eigenvalue weighted by molar-refractivity contribution is -0.122. The number of amides is 1. The van der Waals surface area contributed by atoms with E-state index in [1.165, 1.54) is 5.56 Å². The summed E-state index contributed by atoms with van der Waals surface area (Å²) in [6, 6.07) is 10.4. The Bertz CT molecular complexity index is 693. The van der Waals surface area contributed by atoms with E-state index in [2.05, 4.69) is 39.4 Å². The van der Waals surface area contributed by atoms with Crippen molar-refractivity contribution in [3.8, 4) is 0 Å². The van der Waals surface area contributed by atoms with E-state index in [4.69, 9.17) is 4.52 Å². The zero-order valence-electron chi connectivity index (χ0n) is 16.2. The Morgan fingerprint density at radius 1 is 1.22 bits per heavy atom. The first-order valence-electron chi connectivity index (χ1n) is 10.1. The molecule has 2 aromatic rings. The molecule has 0 bridgehead atoms. The van der Waals surface area contributed by atoms with Gasteiger partial charge in [-0.3, -0.25) is 9.69 Å². The molecule has 1 aliphatic heterocycles. The molecule has 1 amide bonds. The third-order valence-corrected chi connectivity index (χ3v) is 5.06. The molecule has 0 atom stereocenters. The first-order valence-corrected chi connectivity index (χ1v) is 10.1. The molecule has 3 rings (SSSR count). The van der Waals surface area contributed by atoms with Crippen molar-refractivity contribution in [2.75, 3.05) is 13.1 Å². The molecule has 0 aliphatic carbocycles. The van der Waals surface area contributed by atoms with Crippen LogP contribution in [0.15, 0.2) is 34.9 Å². The number of rotatable bonds is 9. The number of hydrogen-bond donors (Lipinski definition) is 1. The van der Waals surface area contributed by atoms with E-state index < -0.39 is 0 Å². The Labute approximate surface area is 161 Å². The average molecular weight is 370 g/mol. The van der Waals surface area contributed by atoms with Crippen LogP contribution in [0.2, 0.25) is 0 Å². The number of aromatic nitrogens is 2. The normalized spacial score (nSPS) is 15.7. The molecule has 27 heavy (non-hydrogen) atoms. The van der Waals surface area contributed by atoms with Crippen LogP contribution in [0.5, 0.6) is 0 Å². The fraction of sp³-hybridized carbons (Fsp3) is 0.571. The number of benzene rings is 1. The van der Waals surface area contributed by atoms with Crippen molar-refractivity contribution >= 4 is 5.91 Å². The van der Waals surface area contributed by atoms with Crippen molar-refractivity contribution in [2.45, 2.75) is 64.5 Å². The Morgan fingerprint density at radius 3 is 2.74 bits per heavy atom. The third-order valence-electron chi connectivity index (χ3n) is 5.06. The lowest BCUT2D eigenvalue weighted by atomic mass is 10.0. The SMILES string of the molecule is CCCCc1noc(CN2CCC(NC(=O)CCc3ccccc3)CC2)n1. The van der Waals surface area contributed by atoms with Gasteiger partial charge in [-0.2, -0.15) is 4.98 Å². The Balaban J connectivity index is 1.34.